The second kappa shape index (κ2) is 5.92. The van der Waals surface area contributed by atoms with Crippen LogP contribution >= 0.6 is 0 Å². The van der Waals surface area contributed by atoms with Crippen LogP contribution in [0.1, 0.15) is 17.5 Å². The molecule has 2 aliphatic rings. The summed E-state index contributed by atoms with van der Waals surface area (Å²) in [6, 6.07) is 5.44. The Balaban J connectivity index is 1.96. The molecule has 2 heterocycles. The summed E-state index contributed by atoms with van der Waals surface area (Å²) in [5.41, 5.74) is 1.89. The molecule has 0 N–H and O–H groups in total. The van der Waals surface area contributed by atoms with Crippen LogP contribution in [0.15, 0.2) is 23.1 Å². The average Bonchev–Trinajstić information content (AvgIpc) is 2.46. The fourth-order valence-electron chi connectivity index (χ4n) is 3.51. The highest BCUT2D eigenvalue weighted by Gasteiger charge is 2.42. The minimum Gasteiger partial charge on any atom is -0.375 e. The molecule has 2 aliphatic heterocycles. The highest BCUT2D eigenvalue weighted by Crippen LogP contribution is 2.29. The summed E-state index contributed by atoms with van der Waals surface area (Å²) in [4.78, 5) is 2.60. The molecule has 22 heavy (non-hydrogen) atoms. The van der Waals surface area contributed by atoms with Crippen molar-refractivity contribution in [2.24, 2.45) is 0 Å². The first-order valence-corrected chi connectivity index (χ1v) is 9.23. The summed E-state index contributed by atoms with van der Waals surface area (Å²) in [7, 11) is -1.44. The third-order valence-electron chi connectivity index (χ3n) is 4.65. The van der Waals surface area contributed by atoms with Gasteiger partial charge < -0.3 is 9.64 Å². The average molecular weight is 324 g/mol. The number of fused-ring (bicyclic) bond motifs is 1. The van der Waals surface area contributed by atoms with E-state index in [0.717, 1.165) is 30.6 Å². The maximum atomic E-state index is 13.1. The Morgan fingerprint density at radius 2 is 2.00 bits per heavy atom. The van der Waals surface area contributed by atoms with E-state index >= 15 is 0 Å². The van der Waals surface area contributed by atoms with Crippen molar-refractivity contribution in [1.29, 1.82) is 0 Å². The van der Waals surface area contributed by atoms with Crippen LogP contribution in [0.2, 0.25) is 0 Å². The largest absolute Gasteiger partial charge is 0.375 e. The molecule has 2 unspecified atom stereocenters. The highest BCUT2D eigenvalue weighted by molar-refractivity contribution is 7.89. The number of ether oxygens (including phenoxy) is 1. The Hall–Kier alpha value is -0.950. The first-order valence-electron chi connectivity index (χ1n) is 7.79. The van der Waals surface area contributed by atoms with E-state index in [9.17, 15) is 8.42 Å². The zero-order valence-corrected chi connectivity index (χ0v) is 14.3. The predicted molar refractivity (Wildman–Crippen MR) is 85.4 cm³/mol. The second-order valence-electron chi connectivity index (χ2n) is 6.41. The lowest BCUT2D eigenvalue weighted by Gasteiger charge is -2.45. The van der Waals surface area contributed by atoms with E-state index in [0.29, 0.717) is 18.0 Å². The molecule has 0 saturated carbocycles. The fraction of sp³-hybridized carbons (Fsp3) is 0.625. The zero-order chi connectivity index (χ0) is 15.9. The molecule has 2 fully saturated rings. The van der Waals surface area contributed by atoms with E-state index in [1.165, 1.54) is 0 Å². The summed E-state index contributed by atoms with van der Waals surface area (Å²) in [6.07, 6.45) is 0.908. The van der Waals surface area contributed by atoms with Gasteiger partial charge in [-0.15, -0.1) is 0 Å². The van der Waals surface area contributed by atoms with Gasteiger partial charge in [0.15, 0.2) is 0 Å². The van der Waals surface area contributed by atoms with Gasteiger partial charge in [0.25, 0.3) is 0 Å². The minimum atomic E-state index is -3.48. The summed E-state index contributed by atoms with van der Waals surface area (Å²) < 4.78 is 33.7. The second-order valence-corrected chi connectivity index (χ2v) is 8.27. The zero-order valence-electron chi connectivity index (χ0n) is 13.4. The first kappa shape index (κ1) is 15.9. The molecule has 5 nitrogen and oxygen atoms in total. The van der Waals surface area contributed by atoms with Crippen LogP contribution in [0.4, 0.5) is 0 Å². The molecule has 1 aromatic carbocycles. The number of sulfonamides is 1. The van der Waals surface area contributed by atoms with Gasteiger partial charge in [0.05, 0.1) is 23.6 Å². The van der Waals surface area contributed by atoms with Gasteiger partial charge in [-0.3, -0.25) is 0 Å². The van der Waals surface area contributed by atoms with Crippen molar-refractivity contribution in [3.8, 4) is 0 Å². The molecule has 1 aromatic rings. The Morgan fingerprint density at radius 1 is 1.23 bits per heavy atom. The monoisotopic (exact) mass is 324 g/mol. The third kappa shape index (κ3) is 2.80. The Kier molecular flexibility index (Phi) is 4.29. The molecule has 122 valence electrons. The Morgan fingerprint density at radius 3 is 2.73 bits per heavy atom. The van der Waals surface area contributed by atoms with E-state index in [4.69, 9.17) is 4.74 Å². The maximum Gasteiger partial charge on any atom is 0.243 e. The number of benzene rings is 1. The molecule has 0 aliphatic carbocycles. The molecule has 3 rings (SSSR count). The summed E-state index contributed by atoms with van der Waals surface area (Å²) in [6.45, 7) is 6.45. The summed E-state index contributed by atoms with van der Waals surface area (Å²) >= 11 is 0. The lowest BCUT2D eigenvalue weighted by atomic mass is 10.0. The predicted octanol–water partition coefficient (Wildman–Crippen LogP) is 1.40. The van der Waals surface area contributed by atoms with Crippen LogP contribution in [0, 0.1) is 13.8 Å². The quantitative estimate of drug-likeness (QED) is 0.825. The van der Waals surface area contributed by atoms with Crippen molar-refractivity contribution < 1.29 is 13.2 Å². The van der Waals surface area contributed by atoms with Gasteiger partial charge in [0.2, 0.25) is 10.0 Å². The normalized spacial score (nSPS) is 27.6. The molecular formula is C16H24N2O3S. The standard InChI is InChI=1S/C16H24N2O3S/c1-12-4-5-16(13(2)10-12)22(19,20)18-8-9-21-15-6-7-17(3)11-14(15)18/h4-5,10,14-15H,6-9,11H2,1-3H3. The Bertz CT molecular complexity index is 659. The number of nitrogens with zero attached hydrogens (tertiary/aromatic N) is 2. The van der Waals surface area contributed by atoms with Gasteiger partial charge in [0.1, 0.15) is 0 Å². The lowest BCUT2D eigenvalue weighted by molar-refractivity contribution is -0.0719. The number of likely N-dealkylation sites (tertiary alicyclic amines) is 1. The van der Waals surface area contributed by atoms with Crippen LogP contribution < -0.4 is 0 Å². The van der Waals surface area contributed by atoms with E-state index in [-0.39, 0.29) is 12.1 Å². The third-order valence-corrected chi connectivity index (χ3v) is 6.74. The van der Waals surface area contributed by atoms with Gasteiger partial charge in [-0.2, -0.15) is 4.31 Å². The molecule has 2 atom stereocenters. The van der Waals surface area contributed by atoms with Gasteiger partial charge in [0, 0.05) is 19.6 Å². The van der Waals surface area contributed by atoms with Crippen molar-refractivity contribution in [3.05, 3.63) is 29.3 Å². The number of aryl methyl sites for hydroxylation is 2. The van der Waals surface area contributed by atoms with E-state index in [2.05, 4.69) is 4.90 Å². The van der Waals surface area contributed by atoms with Gasteiger partial charge >= 0.3 is 0 Å². The van der Waals surface area contributed by atoms with Crippen molar-refractivity contribution in [2.45, 2.75) is 37.3 Å². The molecule has 0 radical (unpaired) electrons. The summed E-state index contributed by atoms with van der Waals surface area (Å²) in [5.74, 6) is 0. The first-order chi connectivity index (χ1) is 10.4. The number of rotatable bonds is 2. The van der Waals surface area contributed by atoms with Crippen LogP contribution in [-0.4, -0.2) is 63.1 Å². The lowest BCUT2D eigenvalue weighted by Crippen LogP contribution is -2.60. The van der Waals surface area contributed by atoms with Gasteiger partial charge in [-0.05, 0) is 38.9 Å². The van der Waals surface area contributed by atoms with Crippen molar-refractivity contribution in [3.63, 3.8) is 0 Å². The van der Waals surface area contributed by atoms with E-state index < -0.39 is 10.0 Å². The SMILES string of the molecule is Cc1ccc(S(=O)(=O)N2CCOC3CCN(C)CC32)c(C)c1. The molecule has 0 aromatic heterocycles. The minimum absolute atomic E-state index is 0.0190. The van der Waals surface area contributed by atoms with Crippen molar-refractivity contribution >= 4 is 10.0 Å². The van der Waals surface area contributed by atoms with Crippen molar-refractivity contribution in [2.75, 3.05) is 33.3 Å². The molecule has 0 spiro atoms. The molecular weight excluding hydrogens is 300 g/mol. The highest BCUT2D eigenvalue weighted by atomic mass is 32.2. The van der Waals surface area contributed by atoms with Crippen LogP contribution in [0.25, 0.3) is 0 Å². The molecule has 0 amide bonds. The molecule has 6 heteroatoms. The van der Waals surface area contributed by atoms with Gasteiger partial charge in [-0.25, -0.2) is 8.42 Å². The van der Waals surface area contributed by atoms with Crippen molar-refractivity contribution in [1.82, 2.24) is 9.21 Å². The fourth-order valence-corrected chi connectivity index (χ4v) is 5.34. The van der Waals surface area contributed by atoms with Crippen LogP contribution in [0.5, 0.6) is 0 Å². The van der Waals surface area contributed by atoms with Crippen LogP contribution in [0.3, 0.4) is 0 Å². The Labute approximate surface area is 132 Å². The van der Waals surface area contributed by atoms with E-state index in [1.807, 2.05) is 33.0 Å². The topological polar surface area (TPSA) is 49.9 Å². The summed E-state index contributed by atoms with van der Waals surface area (Å²) in [5, 5.41) is 0. The number of morpholine rings is 1. The number of piperidine rings is 1. The van der Waals surface area contributed by atoms with E-state index in [1.54, 1.807) is 10.4 Å². The van der Waals surface area contributed by atoms with Crippen LogP contribution in [-0.2, 0) is 14.8 Å². The molecule has 0 bridgehead atoms. The maximum absolute atomic E-state index is 13.1. The smallest absolute Gasteiger partial charge is 0.243 e. The number of likely N-dealkylation sites (N-methyl/N-ethyl adjacent to an activating group) is 1. The van der Waals surface area contributed by atoms with Gasteiger partial charge in [-0.1, -0.05) is 17.7 Å². The number of hydrogen-bond donors (Lipinski definition) is 0. The number of hydrogen-bond acceptors (Lipinski definition) is 4. The molecule has 2 saturated heterocycles.